The Balaban J connectivity index is 1.92. The molecule has 0 saturated carbocycles. The van der Waals surface area contributed by atoms with Gasteiger partial charge in [-0.05, 0) is 40.8 Å². The van der Waals surface area contributed by atoms with Gasteiger partial charge in [0.2, 0.25) is 0 Å². The standard InChI is InChI=1S/C15H11F3N2S/c16-15(17,18)11-3-1-9(2-4-11)14(19)10-7-13-12(20-8-10)5-6-21-13/h1-8,14H,19H2. The Morgan fingerprint density at radius 2 is 1.76 bits per heavy atom. The number of halogens is 3. The van der Waals surface area contributed by atoms with Gasteiger partial charge in [0.15, 0.2) is 0 Å². The number of pyridine rings is 1. The van der Waals surface area contributed by atoms with Crippen LogP contribution in [-0.4, -0.2) is 4.98 Å². The summed E-state index contributed by atoms with van der Waals surface area (Å²) in [5, 5.41) is 1.94. The molecule has 0 aliphatic heterocycles. The van der Waals surface area contributed by atoms with Crippen LogP contribution in [0.3, 0.4) is 0 Å². The zero-order valence-electron chi connectivity index (χ0n) is 10.8. The summed E-state index contributed by atoms with van der Waals surface area (Å²) in [6.45, 7) is 0. The Morgan fingerprint density at radius 3 is 2.43 bits per heavy atom. The molecule has 0 fully saturated rings. The lowest BCUT2D eigenvalue weighted by atomic mass is 10.00. The molecule has 1 aromatic carbocycles. The van der Waals surface area contributed by atoms with E-state index < -0.39 is 17.8 Å². The molecule has 0 aliphatic carbocycles. The van der Waals surface area contributed by atoms with E-state index in [1.54, 1.807) is 17.5 Å². The number of nitrogens with zero attached hydrogens (tertiary/aromatic N) is 1. The van der Waals surface area contributed by atoms with Crippen LogP contribution < -0.4 is 5.73 Å². The molecule has 21 heavy (non-hydrogen) atoms. The van der Waals surface area contributed by atoms with Gasteiger partial charge >= 0.3 is 6.18 Å². The van der Waals surface area contributed by atoms with Crippen LogP contribution in [0.25, 0.3) is 10.2 Å². The monoisotopic (exact) mass is 308 g/mol. The third-order valence-corrected chi connectivity index (χ3v) is 4.13. The van der Waals surface area contributed by atoms with Gasteiger partial charge < -0.3 is 5.73 Å². The largest absolute Gasteiger partial charge is 0.416 e. The van der Waals surface area contributed by atoms with Crippen LogP contribution in [0.15, 0.2) is 48.0 Å². The summed E-state index contributed by atoms with van der Waals surface area (Å²) in [5.41, 5.74) is 7.74. The number of nitrogens with two attached hydrogens (primary N) is 1. The summed E-state index contributed by atoms with van der Waals surface area (Å²) >= 11 is 1.55. The Kier molecular flexibility index (Phi) is 3.43. The van der Waals surface area contributed by atoms with Crippen LogP contribution in [-0.2, 0) is 6.18 Å². The minimum absolute atomic E-state index is 0.494. The predicted octanol–water partition coefficient (Wildman–Crippen LogP) is 4.36. The molecule has 2 aromatic heterocycles. The third-order valence-electron chi connectivity index (χ3n) is 3.28. The van der Waals surface area contributed by atoms with Crippen molar-refractivity contribution in [2.45, 2.75) is 12.2 Å². The van der Waals surface area contributed by atoms with Crippen molar-refractivity contribution in [1.82, 2.24) is 4.98 Å². The smallest absolute Gasteiger partial charge is 0.320 e. The van der Waals surface area contributed by atoms with Crippen LogP contribution in [0.5, 0.6) is 0 Å². The van der Waals surface area contributed by atoms with Gasteiger partial charge in [-0.1, -0.05) is 12.1 Å². The molecule has 6 heteroatoms. The van der Waals surface area contributed by atoms with E-state index in [-0.39, 0.29) is 0 Å². The molecule has 2 nitrogen and oxygen atoms in total. The summed E-state index contributed by atoms with van der Waals surface area (Å²) in [7, 11) is 0. The van der Waals surface area contributed by atoms with Crippen molar-refractivity contribution in [1.29, 1.82) is 0 Å². The number of fused-ring (bicyclic) bond motifs is 1. The van der Waals surface area contributed by atoms with Gasteiger partial charge in [-0.25, -0.2) is 0 Å². The van der Waals surface area contributed by atoms with Gasteiger partial charge in [0, 0.05) is 6.20 Å². The van der Waals surface area contributed by atoms with Crippen molar-refractivity contribution in [2.75, 3.05) is 0 Å². The summed E-state index contributed by atoms with van der Waals surface area (Å²) in [6.07, 6.45) is -2.67. The second-order valence-corrected chi connectivity index (χ2v) is 5.62. The highest BCUT2D eigenvalue weighted by Crippen LogP contribution is 2.31. The summed E-state index contributed by atoms with van der Waals surface area (Å²) in [5.74, 6) is 0. The Labute approximate surface area is 123 Å². The van der Waals surface area contributed by atoms with Crippen molar-refractivity contribution in [2.24, 2.45) is 5.73 Å². The zero-order chi connectivity index (χ0) is 15.0. The number of aromatic nitrogens is 1. The Bertz CT molecular complexity index is 762. The lowest BCUT2D eigenvalue weighted by molar-refractivity contribution is -0.137. The fraction of sp³-hybridized carbons (Fsp3) is 0.133. The first-order chi connectivity index (χ1) is 9.95. The van der Waals surface area contributed by atoms with Crippen molar-refractivity contribution in [3.8, 4) is 0 Å². The first-order valence-corrected chi connectivity index (χ1v) is 7.09. The topological polar surface area (TPSA) is 38.9 Å². The van der Waals surface area contributed by atoms with Gasteiger partial charge in [-0.2, -0.15) is 13.2 Å². The van der Waals surface area contributed by atoms with Crippen LogP contribution in [0, 0.1) is 0 Å². The molecular weight excluding hydrogens is 297 g/mol. The maximum atomic E-state index is 12.5. The maximum absolute atomic E-state index is 12.5. The average molecular weight is 308 g/mol. The maximum Gasteiger partial charge on any atom is 0.416 e. The highest BCUT2D eigenvalue weighted by Gasteiger charge is 2.30. The Morgan fingerprint density at radius 1 is 1.05 bits per heavy atom. The van der Waals surface area contributed by atoms with Gasteiger partial charge in [0.05, 0.1) is 21.8 Å². The number of benzene rings is 1. The van der Waals surface area contributed by atoms with E-state index >= 15 is 0 Å². The van der Waals surface area contributed by atoms with E-state index in [0.717, 1.165) is 27.9 Å². The minimum atomic E-state index is -4.33. The highest BCUT2D eigenvalue weighted by atomic mass is 32.1. The fourth-order valence-corrected chi connectivity index (χ4v) is 2.89. The number of hydrogen-bond acceptors (Lipinski definition) is 3. The highest BCUT2D eigenvalue weighted by molar-refractivity contribution is 7.17. The van der Waals surface area contributed by atoms with E-state index in [0.29, 0.717) is 5.56 Å². The predicted molar refractivity (Wildman–Crippen MR) is 77.1 cm³/mol. The normalized spacial score (nSPS) is 13.5. The molecule has 3 rings (SSSR count). The van der Waals surface area contributed by atoms with Crippen LogP contribution in [0.1, 0.15) is 22.7 Å². The van der Waals surface area contributed by atoms with Crippen LogP contribution in [0.2, 0.25) is 0 Å². The van der Waals surface area contributed by atoms with E-state index in [1.807, 2.05) is 17.5 Å². The lowest BCUT2D eigenvalue weighted by Crippen LogP contribution is -2.13. The Hall–Kier alpha value is -1.92. The molecule has 0 spiro atoms. The first kappa shape index (κ1) is 14.0. The number of alkyl halides is 3. The fourth-order valence-electron chi connectivity index (χ4n) is 2.10. The molecule has 3 aromatic rings. The van der Waals surface area contributed by atoms with Gasteiger partial charge in [0.1, 0.15) is 0 Å². The average Bonchev–Trinajstić information content (AvgIpc) is 2.93. The van der Waals surface area contributed by atoms with E-state index in [4.69, 9.17) is 5.73 Å². The molecule has 1 atom stereocenters. The molecule has 1 unspecified atom stereocenters. The van der Waals surface area contributed by atoms with Gasteiger partial charge in [-0.3, -0.25) is 4.98 Å². The summed E-state index contributed by atoms with van der Waals surface area (Å²) in [6, 6.07) is 8.26. The van der Waals surface area contributed by atoms with Crippen molar-refractivity contribution in [3.05, 3.63) is 64.7 Å². The number of thiophene rings is 1. The third kappa shape index (κ3) is 2.77. The number of rotatable bonds is 2. The minimum Gasteiger partial charge on any atom is -0.320 e. The molecule has 2 heterocycles. The SMILES string of the molecule is NC(c1ccc(C(F)(F)F)cc1)c1cnc2ccsc2c1. The summed E-state index contributed by atoms with van der Waals surface area (Å²) < 4.78 is 38.6. The molecule has 0 saturated heterocycles. The van der Waals surface area contributed by atoms with Crippen molar-refractivity contribution >= 4 is 21.6 Å². The van der Waals surface area contributed by atoms with E-state index in [2.05, 4.69) is 4.98 Å². The van der Waals surface area contributed by atoms with Crippen LogP contribution in [0.4, 0.5) is 13.2 Å². The molecule has 108 valence electrons. The molecule has 0 bridgehead atoms. The second-order valence-electron chi connectivity index (χ2n) is 4.67. The quantitative estimate of drug-likeness (QED) is 0.764. The van der Waals surface area contributed by atoms with E-state index in [1.165, 1.54) is 12.1 Å². The molecule has 0 amide bonds. The molecular formula is C15H11F3N2S. The van der Waals surface area contributed by atoms with Crippen molar-refractivity contribution < 1.29 is 13.2 Å². The lowest BCUT2D eigenvalue weighted by Gasteiger charge is -2.14. The second kappa shape index (κ2) is 5.13. The zero-order valence-corrected chi connectivity index (χ0v) is 11.6. The van der Waals surface area contributed by atoms with E-state index in [9.17, 15) is 13.2 Å². The van der Waals surface area contributed by atoms with Crippen LogP contribution >= 0.6 is 11.3 Å². The van der Waals surface area contributed by atoms with Gasteiger partial charge in [-0.15, -0.1) is 11.3 Å². The summed E-state index contributed by atoms with van der Waals surface area (Å²) in [4.78, 5) is 4.29. The first-order valence-electron chi connectivity index (χ1n) is 6.21. The molecule has 0 radical (unpaired) electrons. The molecule has 0 aliphatic rings. The van der Waals surface area contributed by atoms with Gasteiger partial charge in [0.25, 0.3) is 0 Å². The number of hydrogen-bond donors (Lipinski definition) is 1. The van der Waals surface area contributed by atoms with Crippen molar-refractivity contribution in [3.63, 3.8) is 0 Å². The molecule has 2 N–H and O–H groups in total.